The monoisotopic (exact) mass is 464 g/mol. The number of hydrogen-bond donors (Lipinski definition) is 0. The van der Waals surface area contributed by atoms with Crippen LogP contribution in [0.15, 0.2) is 103 Å². The Balaban J connectivity index is 1.71. The van der Waals surface area contributed by atoms with Gasteiger partial charge in [0.05, 0.1) is 0 Å². The third-order valence-corrected chi connectivity index (χ3v) is 7.73. The molecular formula is C35H25F. The van der Waals surface area contributed by atoms with Gasteiger partial charge in [-0.2, -0.15) is 0 Å². The highest BCUT2D eigenvalue weighted by Crippen LogP contribution is 2.57. The Labute approximate surface area is 211 Å². The fourth-order valence-electron chi connectivity index (χ4n) is 6.09. The van der Waals surface area contributed by atoms with Gasteiger partial charge < -0.3 is 0 Å². The van der Waals surface area contributed by atoms with Crippen molar-refractivity contribution in [3.63, 3.8) is 0 Å². The molecule has 0 atom stereocenters. The predicted molar refractivity (Wildman–Crippen MR) is 150 cm³/mol. The van der Waals surface area contributed by atoms with Crippen LogP contribution in [0, 0.1) is 12.7 Å². The summed E-state index contributed by atoms with van der Waals surface area (Å²) in [6.07, 6.45) is 5.63. The summed E-state index contributed by atoms with van der Waals surface area (Å²) in [6, 6.07) is 31.3. The minimum atomic E-state index is -0.214. The van der Waals surface area contributed by atoms with Crippen LogP contribution in [-0.2, 0) is 0 Å². The minimum Gasteiger partial charge on any atom is -0.207 e. The molecule has 0 saturated heterocycles. The smallest absolute Gasteiger partial charge is 0.123 e. The van der Waals surface area contributed by atoms with Crippen molar-refractivity contribution in [2.24, 2.45) is 0 Å². The molecule has 0 aliphatic heterocycles. The third-order valence-electron chi connectivity index (χ3n) is 7.73. The standard InChI is InChI=1S/C35H25F/c1-21-13-15-23(16-14-21)31-27-8-3-4-9-28(27)32(24-17-19-25(36)20-18-24)35-30-12-6-10-26-22(2)7-5-11-29(33(26)30)34(31)35/h3-4,6-20H,5H2,1-2H3. The normalized spacial score (nSPS) is 13.6. The topological polar surface area (TPSA) is 0 Å². The highest BCUT2D eigenvalue weighted by Gasteiger charge is 2.34. The molecule has 0 N–H and O–H groups in total. The van der Waals surface area contributed by atoms with Crippen molar-refractivity contribution >= 4 is 21.9 Å². The second-order valence-corrected chi connectivity index (χ2v) is 9.89. The first-order valence-electron chi connectivity index (χ1n) is 12.5. The van der Waals surface area contributed by atoms with Crippen molar-refractivity contribution in [2.45, 2.75) is 20.3 Å². The van der Waals surface area contributed by atoms with Crippen LogP contribution >= 0.6 is 0 Å². The van der Waals surface area contributed by atoms with Gasteiger partial charge in [0.2, 0.25) is 0 Å². The lowest BCUT2D eigenvalue weighted by Gasteiger charge is -2.20. The van der Waals surface area contributed by atoms with Crippen molar-refractivity contribution in [3.8, 4) is 33.4 Å². The van der Waals surface area contributed by atoms with E-state index in [4.69, 9.17) is 0 Å². The highest BCUT2D eigenvalue weighted by molar-refractivity contribution is 6.22. The lowest BCUT2D eigenvalue weighted by atomic mass is 9.82. The molecule has 0 nitrogen and oxygen atoms in total. The molecule has 36 heavy (non-hydrogen) atoms. The summed E-state index contributed by atoms with van der Waals surface area (Å²) in [5.41, 5.74) is 15.1. The summed E-state index contributed by atoms with van der Waals surface area (Å²) < 4.78 is 14.0. The van der Waals surface area contributed by atoms with E-state index in [1.807, 2.05) is 12.1 Å². The number of fused-ring (bicyclic) bond motifs is 4. The quantitative estimate of drug-likeness (QED) is 0.239. The van der Waals surface area contributed by atoms with E-state index < -0.39 is 0 Å². The number of hydrogen-bond acceptors (Lipinski definition) is 0. The Morgan fingerprint density at radius 1 is 0.528 bits per heavy atom. The van der Waals surface area contributed by atoms with Crippen LogP contribution in [-0.4, -0.2) is 0 Å². The number of rotatable bonds is 2. The maximum Gasteiger partial charge on any atom is 0.123 e. The van der Waals surface area contributed by atoms with Gasteiger partial charge in [-0.1, -0.05) is 96.6 Å². The van der Waals surface area contributed by atoms with Crippen molar-refractivity contribution < 1.29 is 4.39 Å². The van der Waals surface area contributed by atoms with E-state index in [2.05, 4.69) is 92.7 Å². The van der Waals surface area contributed by atoms with E-state index in [9.17, 15) is 4.39 Å². The van der Waals surface area contributed by atoms with Gasteiger partial charge >= 0.3 is 0 Å². The van der Waals surface area contributed by atoms with Crippen LogP contribution < -0.4 is 0 Å². The summed E-state index contributed by atoms with van der Waals surface area (Å²) in [5.74, 6) is -0.214. The highest BCUT2D eigenvalue weighted by atomic mass is 19.1. The number of aryl methyl sites for hydroxylation is 1. The molecule has 0 amide bonds. The summed E-state index contributed by atoms with van der Waals surface area (Å²) in [6.45, 7) is 4.35. The molecule has 0 heterocycles. The van der Waals surface area contributed by atoms with Gasteiger partial charge in [0, 0.05) is 0 Å². The van der Waals surface area contributed by atoms with Crippen LogP contribution in [0.1, 0.15) is 35.6 Å². The molecule has 0 fully saturated rings. The van der Waals surface area contributed by atoms with E-state index in [1.54, 1.807) is 12.1 Å². The van der Waals surface area contributed by atoms with E-state index in [-0.39, 0.29) is 5.82 Å². The Hall–Kier alpha value is -4.23. The van der Waals surface area contributed by atoms with Gasteiger partial charge in [-0.25, -0.2) is 4.39 Å². The zero-order valence-corrected chi connectivity index (χ0v) is 20.4. The van der Waals surface area contributed by atoms with Gasteiger partial charge in [-0.05, 0) is 104 Å². The SMILES string of the molecule is CC1=CCC=C2c3c1cccc3-c1c2c(-c2ccc(C)cc2)c2ccccc2c1-c1ccc(F)cc1. The van der Waals surface area contributed by atoms with Gasteiger partial charge in [0.15, 0.2) is 0 Å². The molecule has 172 valence electrons. The molecular weight excluding hydrogens is 439 g/mol. The molecule has 1 heteroatoms. The lowest BCUT2D eigenvalue weighted by molar-refractivity contribution is 0.628. The average molecular weight is 465 g/mol. The lowest BCUT2D eigenvalue weighted by Crippen LogP contribution is -1.95. The molecule has 0 bridgehead atoms. The van der Waals surface area contributed by atoms with Crippen LogP contribution in [0.3, 0.4) is 0 Å². The van der Waals surface area contributed by atoms with E-state index in [0.717, 1.165) is 12.0 Å². The Bertz CT molecular complexity index is 1750. The van der Waals surface area contributed by atoms with Crippen molar-refractivity contribution in [1.29, 1.82) is 0 Å². The summed E-state index contributed by atoms with van der Waals surface area (Å²) >= 11 is 0. The average Bonchev–Trinajstić information content (AvgIpc) is 3.12. The summed E-state index contributed by atoms with van der Waals surface area (Å²) in [7, 11) is 0. The van der Waals surface area contributed by atoms with E-state index >= 15 is 0 Å². The second-order valence-electron chi connectivity index (χ2n) is 9.89. The maximum atomic E-state index is 14.0. The first kappa shape index (κ1) is 21.1. The molecule has 2 aliphatic rings. The molecule has 0 spiro atoms. The molecule has 0 saturated carbocycles. The largest absolute Gasteiger partial charge is 0.207 e. The van der Waals surface area contributed by atoms with Crippen LogP contribution in [0.25, 0.3) is 55.3 Å². The fourth-order valence-corrected chi connectivity index (χ4v) is 6.09. The van der Waals surface area contributed by atoms with Crippen molar-refractivity contribution in [1.82, 2.24) is 0 Å². The van der Waals surface area contributed by atoms with Crippen LogP contribution in [0.2, 0.25) is 0 Å². The summed E-state index contributed by atoms with van der Waals surface area (Å²) in [4.78, 5) is 0. The first-order valence-corrected chi connectivity index (χ1v) is 12.5. The molecule has 0 aromatic heterocycles. The van der Waals surface area contributed by atoms with Gasteiger partial charge in [-0.3, -0.25) is 0 Å². The van der Waals surface area contributed by atoms with Crippen LogP contribution in [0.5, 0.6) is 0 Å². The fraction of sp³-hybridized carbons (Fsp3) is 0.0857. The molecule has 0 unspecified atom stereocenters. The van der Waals surface area contributed by atoms with E-state index in [0.29, 0.717) is 0 Å². The molecule has 7 rings (SSSR count). The maximum absolute atomic E-state index is 14.0. The Morgan fingerprint density at radius 2 is 1.14 bits per heavy atom. The molecule has 5 aromatic rings. The van der Waals surface area contributed by atoms with Crippen molar-refractivity contribution in [2.75, 3.05) is 0 Å². The zero-order chi connectivity index (χ0) is 24.4. The van der Waals surface area contributed by atoms with Gasteiger partial charge in [0.1, 0.15) is 5.82 Å². The van der Waals surface area contributed by atoms with Crippen molar-refractivity contribution in [3.05, 3.63) is 131 Å². The van der Waals surface area contributed by atoms with Crippen LogP contribution in [0.4, 0.5) is 4.39 Å². The molecule has 5 aromatic carbocycles. The second kappa shape index (κ2) is 7.90. The molecule has 0 radical (unpaired) electrons. The van der Waals surface area contributed by atoms with E-state index in [1.165, 1.54) is 72.0 Å². The predicted octanol–water partition coefficient (Wildman–Crippen LogP) is 9.84. The number of allylic oxidation sites excluding steroid dienone is 3. The number of halogens is 1. The first-order chi connectivity index (χ1) is 17.6. The molecule has 2 aliphatic carbocycles. The third kappa shape index (κ3) is 2.99. The Kier molecular flexibility index (Phi) is 4.62. The zero-order valence-electron chi connectivity index (χ0n) is 20.4. The summed E-state index contributed by atoms with van der Waals surface area (Å²) in [5, 5.41) is 2.42. The number of benzene rings is 5. The van der Waals surface area contributed by atoms with Gasteiger partial charge in [-0.15, -0.1) is 0 Å². The van der Waals surface area contributed by atoms with Gasteiger partial charge in [0.25, 0.3) is 0 Å². The Morgan fingerprint density at radius 3 is 1.83 bits per heavy atom. The minimum absolute atomic E-state index is 0.214.